The van der Waals surface area contributed by atoms with E-state index in [4.69, 9.17) is 9.73 Å². The molecule has 0 radical (unpaired) electrons. The summed E-state index contributed by atoms with van der Waals surface area (Å²) in [6.07, 6.45) is 0.289. The first kappa shape index (κ1) is 23.5. The Morgan fingerprint density at radius 1 is 1.31 bits per heavy atom. The second-order valence-electron chi connectivity index (χ2n) is 8.59. The molecule has 0 aliphatic carbocycles. The highest BCUT2D eigenvalue weighted by molar-refractivity contribution is 5.95. The van der Waals surface area contributed by atoms with Crippen molar-refractivity contribution in [1.82, 2.24) is 5.32 Å². The SMILES string of the molecule is C/C=C(\N=C(C(C)CC)C1CCCN1)c1ccc(OC(C)(C)C)c(C(F)(F)F)c1. The molecule has 29 heavy (non-hydrogen) atoms. The Hall–Kier alpha value is -1.82. The van der Waals surface area contributed by atoms with Gasteiger partial charge in [-0.25, -0.2) is 0 Å². The molecule has 2 atom stereocenters. The molecular formula is C23H33F3N2O. The standard InChI is InChI=1S/C23H33F3N2O/c1-7-15(3)21(19-10-9-13-27-19)28-18(8-2)16-11-12-20(29-22(4,5)6)17(14-16)23(24,25)26/h8,11-12,14-15,19,27H,7,9-10,13H2,1-6H3/b18-8-,28-21?. The van der Waals surface area contributed by atoms with Crippen LogP contribution in [0.1, 0.15) is 71.9 Å². The largest absolute Gasteiger partial charge is 0.488 e. The van der Waals surface area contributed by atoms with Crippen LogP contribution in [0, 0.1) is 5.92 Å². The van der Waals surface area contributed by atoms with E-state index in [1.807, 2.05) is 6.92 Å². The summed E-state index contributed by atoms with van der Waals surface area (Å²) in [6, 6.07) is 4.39. The molecule has 1 heterocycles. The molecule has 0 aromatic heterocycles. The number of nitrogens with one attached hydrogen (secondary N) is 1. The number of alkyl halides is 3. The highest BCUT2D eigenvalue weighted by Crippen LogP contribution is 2.39. The normalized spacial score (nSPS) is 20.1. The van der Waals surface area contributed by atoms with Crippen LogP contribution in [0.25, 0.3) is 5.70 Å². The van der Waals surface area contributed by atoms with Gasteiger partial charge in [0.1, 0.15) is 11.4 Å². The molecule has 162 valence electrons. The molecule has 0 bridgehead atoms. The van der Waals surface area contributed by atoms with Crippen molar-refractivity contribution in [2.24, 2.45) is 10.9 Å². The number of rotatable bonds is 6. The zero-order valence-corrected chi connectivity index (χ0v) is 18.3. The van der Waals surface area contributed by atoms with Gasteiger partial charge in [-0.05, 0) is 77.6 Å². The fraction of sp³-hybridized carbons (Fsp3) is 0.609. The van der Waals surface area contributed by atoms with E-state index in [2.05, 4.69) is 19.2 Å². The molecule has 0 amide bonds. The van der Waals surface area contributed by atoms with Crippen molar-refractivity contribution in [3.05, 3.63) is 35.4 Å². The molecule has 1 aromatic carbocycles. The predicted octanol–water partition coefficient (Wildman–Crippen LogP) is 6.48. The number of benzene rings is 1. The van der Waals surface area contributed by atoms with Gasteiger partial charge in [0.2, 0.25) is 0 Å². The van der Waals surface area contributed by atoms with Gasteiger partial charge in [0.25, 0.3) is 0 Å². The van der Waals surface area contributed by atoms with Crippen molar-refractivity contribution in [3.63, 3.8) is 0 Å². The van der Waals surface area contributed by atoms with E-state index in [-0.39, 0.29) is 17.7 Å². The molecule has 1 aromatic rings. The van der Waals surface area contributed by atoms with Gasteiger partial charge in [0.15, 0.2) is 0 Å². The van der Waals surface area contributed by atoms with Gasteiger partial charge in [-0.2, -0.15) is 13.2 Å². The third-order valence-electron chi connectivity index (χ3n) is 5.05. The summed E-state index contributed by atoms with van der Waals surface area (Å²) in [6.45, 7) is 12.2. The average molecular weight is 411 g/mol. The fourth-order valence-electron chi connectivity index (χ4n) is 3.44. The highest BCUT2D eigenvalue weighted by atomic mass is 19.4. The predicted molar refractivity (Wildman–Crippen MR) is 113 cm³/mol. The van der Waals surface area contributed by atoms with Crippen molar-refractivity contribution in [2.75, 3.05) is 6.54 Å². The van der Waals surface area contributed by atoms with Crippen molar-refractivity contribution < 1.29 is 17.9 Å². The fourth-order valence-corrected chi connectivity index (χ4v) is 3.44. The molecule has 1 aliphatic rings. The quantitative estimate of drug-likeness (QED) is 0.544. The lowest BCUT2D eigenvalue weighted by Gasteiger charge is -2.25. The Kier molecular flexibility index (Phi) is 7.55. The average Bonchev–Trinajstić information content (AvgIpc) is 3.15. The second kappa shape index (κ2) is 9.33. The minimum Gasteiger partial charge on any atom is -0.488 e. The highest BCUT2D eigenvalue weighted by Gasteiger charge is 2.36. The van der Waals surface area contributed by atoms with Crippen LogP contribution in [0.3, 0.4) is 0 Å². The van der Waals surface area contributed by atoms with Crippen LogP contribution < -0.4 is 10.1 Å². The molecule has 1 N–H and O–H groups in total. The van der Waals surface area contributed by atoms with Gasteiger partial charge < -0.3 is 10.1 Å². The van der Waals surface area contributed by atoms with Crippen LogP contribution in [0.2, 0.25) is 0 Å². The van der Waals surface area contributed by atoms with E-state index in [1.54, 1.807) is 32.9 Å². The summed E-state index contributed by atoms with van der Waals surface area (Å²) in [5.41, 5.74) is 0.521. The Labute approximate surface area is 172 Å². The summed E-state index contributed by atoms with van der Waals surface area (Å²) >= 11 is 0. The van der Waals surface area contributed by atoms with Crippen molar-refractivity contribution in [3.8, 4) is 5.75 Å². The first-order valence-corrected chi connectivity index (χ1v) is 10.3. The maximum Gasteiger partial charge on any atom is 0.419 e. The second-order valence-corrected chi connectivity index (χ2v) is 8.59. The number of halogens is 3. The Balaban J connectivity index is 2.49. The lowest BCUT2D eigenvalue weighted by Crippen LogP contribution is -2.34. The molecule has 0 saturated carbocycles. The van der Waals surface area contributed by atoms with Gasteiger partial charge in [-0.15, -0.1) is 0 Å². The maximum atomic E-state index is 13.7. The summed E-state index contributed by atoms with van der Waals surface area (Å²) < 4.78 is 46.7. The van der Waals surface area contributed by atoms with E-state index < -0.39 is 17.3 Å². The summed E-state index contributed by atoms with van der Waals surface area (Å²) in [7, 11) is 0. The number of nitrogens with zero attached hydrogens (tertiary/aromatic N) is 1. The van der Waals surface area contributed by atoms with Crippen molar-refractivity contribution in [1.29, 1.82) is 0 Å². The van der Waals surface area contributed by atoms with E-state index in [0.717, 1.165) is 37.6 Å². The van der Waals surface area contributed by atoms with Crippen LogP contribution in [0.15, 0.2) is 29.3 Å². The van der Waals surface area contributed by atoms with E-state index in [9.17, 15) is 13.2 Å². The van der Waals surface area contributed by atoms with E-state index >= 15 is 0 Å². The molecular weight excluding hydrogens is 377 g/mol. The number of aliphatic imine (C=N–C) groups is 1. The van der Waals surface area contributed by atoms with Gasteiger partial charge in [-0.1, -0.05) is 19.9 Å². The summed E-state index contributed by atoms with van der Waals surface area (Å²) in [5, 5.41) is 3.47. The van der Waals surface area contributed by atoms with Crippen LogP contribution in [0.5, 0.6) is 5.75 Å². The van der Waals surface area contributed by atoms with Crippen LogP contribution in [-0.2, 0) is 6.18 Å². The molecule has 3 nitrogen and oxygen atoms in total. The van der Waals surface area contributed by atoms with Gasteiger partial charge >= 0.3 is 6.18 Å². The van der Waals surface area contributed by atoms with Gasteiger partial charge in [0.05, 0.1) is 11.3 Å². The monoisotopic (exact) mass is 410 g/mol. The Bertz CT molecular complexity index is 754. The zero-order valence-electron chi connectivity index (χ0n) is 18.3. The van der Waals surface area contributed by atoms with Crippen molar-refractivity contribution in [2.45, 2.75) is 78.6 Å². The number of allylic oxidation sites excluding steroid dienone is 1. The van der Waals surface area contributed by atoms with Crippen molar-refractivity contribution >= 4 is 11.4 Å². The first-order valence-electron chi connectivity index (χ1n) is 10.3. The third-order valence-corrected chi connectivity index (χ3v) is 5.05. The summed E-state index contributed by atoms with van der Waals surface area (Å²) in [4.78, 5) is 4.85. The molecule has 1 aliphatic heterocycles. The minimum atomic E-state index is -4.51. The molecule has 1 fully saturated rings. The molecule has 1 saturated heterocycles. The number of hydrogen-bond donors (Lipinski definition) is 1. The van der Waals surface area contributed by atoms with E-state index in [0.29, 0.717) is 11.3 Å². The van der Waals surface area contributed by atoms with Gasteiger partial charge in [0, 0.05) is 17.3 Å². The van der Waals surface area contributed by atoms with Crippen LogP contribution in [0.4, 0.5) is 13.2 Å². The van der Waals surface area contributed by atoms with Crippen LogP contribution >= 0.6 is 0 Å². The first-order chi connectivity index (χ1) is 13.5. The lowest BCUT2D eigenvalue weighted by molar-refractivity contribution is -0.139. The van der Waals surface area contributed by atoms with Gasteiger partial charge in [-0.3, -0.25) is 4.99 Å². The number of hydrogen-bond acceptors (Lipinski definition) is 3. The molecule has 0 spiro atoms. The molecule has 2 unspecified atom stereocenters. The summed E-state index contributed by atoms with van der Waals surface area (Å²) in [5.74, 6) is 0.0962. The third kappa shape index (κ3) is 6.33. The Morgan fingerprint density at radius 2 is 2.00 bits per heavy atom. The lowest BCUT2D eigenvalue weighted by atomic mass is 9.95. The maximum absolute atomic E-state index is 13.7. The Morgan fingerprint density at radius 3 is 2.48 bits per heavy atom. The molecule has 2 rings (SSSR count). The van der Waals surface area contributed by atoms with E-state index in [1.165, 1.54) is 6.07 Å². The smallest absolute Gasteiger partial charge is 0.419 e. The zero-order chi connectivity index (χ0) is 21.8. The topological polar surface area (TPSA) is 33.6 Å². The van der Waals surface area contributed by atoms with Crippen LogP contribution in [-0.4, -0.2) is 23.9 Å². The minimum absolute atomic E-state index is 0.159. The molecule has 6 heteroatoms. The number of ether oxygens (including phenoxy) is 1.